The number of ether oxygens (including phenoxy) is 1. The monoisotopic (exact) mass is 351 g/mol. The van der Waals surface area contributed by atoms with Gasteiger partial charge in [0.05, 0.1) is 7.11 Å². The molecule has 1 aromatic heterocycles. The summed E-state index contributed by atoms with van der Waals surface area (Å²) in [6.45, 7) is 8.21. The third-order valence-corrected chi connectivity index (χ3v) is 4.66. The molecule has 0 aliphatic rings. The quantitative estimate of drug-likeness (QED) is 0.683. The van der Waals surface area contributed by atoms with Gasteiger partial charge < -0.3 is 19.9 Å². The molecule has 5 nitrogen and oxygen atoms in total. The number of fused-ring (bicyclic) bond motifs is 1. The lowest BCUT2D eigenvalue weighted by atomic mass is 10.1. The molecule has 2 aromatic carbocycles. The highest BCUT2D eigenvalue weighted by Gasteiger charge is 2.12. The first-order valence-corrected chi connectivity index (χ1v) is 8.89. The number of carbonyl (C=O) groups excluding carboxylic acids is 1. The van der Waals surface area contributed by atoms with Crippen LogP contribution in [0.3, 0.4) is 0 Å². The van der Waals surface area contributed by atoms with E-state index in [0.29, 0.717) is 5.69 Å². The summed E-state index contributed by atoms with van der Waals surface area (Å²) in [7, 11) is 1.63. The van der Waals surface area contributed by atoms with Crippen LogP contribution in [0, 0.1) is 6.92 Å². The summed E-state index contributed by atoms with van der Waals surface area (Å²) in [6.07, 6.45) is 0. The molecule has 0 saturated carbocycles. The van der Waals surface area contributed by atoms with Crippen LogP contribution in [0.25, 0.3) is 10.9 Å². The van der Waals surface area contributed by atoms with Crippen molar-refractivity contribution in [2.24, 2.45) is 0 Å². The number of hydrogen-bond acceptors (Lipinski definition) is 3. The maximum atomic E-state index is 12.6. The van der Waals surface area contributed by atoms with E-state index in [1.807, 2.05) is 43.3 Å². The number of rotatable bonds is 6. The average molecular weight is 351 g/mol. The maximum absolute atomic E-state index is 12.6. The first-order chi connectivity index (χ1) is 12.5. The zero-order chi connectivity index (χ0) is 18.7. The maximum Gasteiger partial charge on any atom is 0.272 e. The van der Waals surface area contributed by atoms with Crippen LogP contribution in [-0.2, 0) is 0 Å². The van der Waals surface area contributed by atoms with Gasteiger partial charge in [-0.15, -0.1) is 0 Å². The fraction of sp³-hybridized carbons (Fsp3) is 0.286. The largest absolute Gasteiger partial charge is 0.497 e. The Kier molecular flexibility index (Phi) is 5.16. The lowest BCUT2D eigenvalue weighted by Crippen LogP contribution is -2.22. The highest BCUT2D eigenvalue weighted by atomic mass is 16.5. The third kappa shape index (κ3) is 3.52. The Balaban J connectivity index is 1.81. The molecule has 0 saturated heterocycles. The van der Waals surface area contributed by atoms with E-state index in [9.17, 15) is 4.79 Å². The molecule has 0 aliphatic carbocycles. The van der Waals surface area contributed by atoms with E-state index >= 15 is 0 Å². The SMILES string of the molecule is CCN(CC)c1ccc(NC(=O)c2cc3cc(OC)ccc3[nH]2)c(C)c1. The van der Waals surface area contributed by atoms with Crippen LogP contribution in [0.15, 0.2) is 42.5 Å². The topological polar surface area (TPSA) is 57.4 Å². The number of amides is 1. The summed E-state index contributed by atoms with van der Waals surface area (Å²) in [4.78, 5) is 18.1. The van der Waals surface area contributed by atoms with Gasteiger partial charge in [0.25, 0.3) is 5.91 Å². The minimum absolute atomic E-state index is 0.154. The molecule has 0 bridgehead atoms. The number of anilines is 2. The van der Waals surface area contributed by atoms with Gasteiger partial charge >= 0.3 is 0 Å². The van der Waals surface area contributed by atoms with E-state index in [4.69, 9.17) is 4.74 Å². The van der Waals surface area contributed by atoms with Crippen LogP contribution in [0.5, 0.6) is 5.75 Å². The highest BCUT2D eigenvalue weighted by molar-refractivity contribution is 6.06. The van der Waals surface area contributed by atoms with E-state index in [-0.39, 0.29) is 5.91 Å². The number of nitrogens with one attached hydrogen (secondary N) is 2. The van der Waals surface area contributed by atoms with Crippen LogP contribution >= 0.6 is 0 Å². The Labute approximate surface area is 154 Å². The van der Waals surface area contributed by atoms with Gasteiger partial charge in [0.15, 0.2) is 0 Å². The van der Waals surface area contributed by atoms with Gasteiger partial charge in [0.2, 0.25) is 0 Å². The smallest absolute Gasteiger partial charge is 0.272 e. The molecule has 3 rings (SSSR count). The Morgan fingerprint density at radius 3 is 2.54 bits per heavy atom. The van der Waals surface area contributed by atoms with Gasteiger partial charge in [0.1, 0.15) is 11.4 Å². The van der Waals surface area contributed by atoms with Crippen molar-refractivity contribution in [1.29, 1.82) is 0 Å². The molecule has 26 heavy (non-hydrogen) atoms. The molecule has 0 fully saturated rings. The van der Waals surface area contributed by atoms with Crippen LogP contribution in [0.1, 0.15) is 29.9 Å². The zero-order valence-electron chi connectivity index (χ0n) is 15.7. The van der Waals surface area contributed by atoms with E-state index in [0.717, 1.165) is 41.0 Å². The molecule has 2 N–H and O–H groups in total. The highest BCUT2D eigenvalue weighted by Crippen LogP contribution is 2.25. The molecule has 0 atom stereocenters. The predicted octanol–water partition coefficient (Wildman–Crippen LogP) is 4.58. The van der Waals surface area contributed by atoms with Crippen LogP contribution in [0.4, 0.5) is 11.4 Å². The molecule has 3 aromatic rings. The Morgan fingerprint density at radius 1 is 1.12 bits per heavy atom. The zero-order valence-corrected chi connectivity index (χ0v) is 15.7. The molecule has 1 amide bonds. The lowest BCUT2D eigenvalue weighted by molar-refractivity contribution is 0.102. The number of aromatic amines is 1. The van der Waals surface area contributed by atoms with Gasteiger partial charge in [-0.05, 0) is 68.8 Å². The van der Waals surface area contributed by atoms with Crippen molar-refractivity contribution < 1.29 is 9.53 Å². The third-order valence-electron chi connectivity index (χ3n) is 4.66. The normalized spacial score (nSPS) is 10.8. The van der Waals surface area contributed by atoms with Crippen molar-refractivity contribution in [3.8, 4) is 5.75 Å². The molecular formula is C21H25N3O2. The van der Waals surface area contributed by atoms with E-state index in [2.05, 4.69) is 35.1 Å². The number of H-pyrrole nitrogens is 1. The number of nitrogens with zero attached hydrogens (tertiary/aromatic N) is 1. The van der Waals surface area contributed by atoms with Crippen LogP contribution in [0.2, 0.25) is 0 Å². The minimum Gasteiger partial charge on any atom is -0.497 e. The summed E-state index contributed by atoms with van der Waals surface area (Å²) in [5.41, 5.74) is 4.47. The van der Waals surface area contributed by atoms with Crippen LogP contribution < -0.4 is 15.0 Å². The number of benzene rings is 2. The summed E-state index contributed by atoms with van der Waals surface area (Å²) < 4.78 is 5.23. The van der Waals surface area contributed by atoms with Crippen molar-refractivity contribution >= 4 is 28.2 Å². The molecule has 0 radical (unpaired) electrons. The Morgan fingerprint density at radius 2 is 1.88 bits per heavy atom. The number of aryl methyl sites for hydroxylation is 1. The molecule has 5 heteroatoms. The summed E-state index contributed by atoms with van der Waals surface area (Å²) in [5, 5.41) is 3.95. The van der Waals surface area contributed by atoms with Crippen molar-refractivity contribution in [3.63, 3.8) is 0 Å². The van der Waals surface area contributed by atoms with Gasteiger partial charge in [-0.2, -0.15) is 0 Å². The van der Waals surface area contributed by atoms with Crippen molar-refractivity contribution in [2.75, 3.05) is 30.4 Å². The van der Waals surface area contributed by atoms with Crippen LogP contribution in [-0.4, -0.2) is 31.1 Å². The minimum atomic E-state index is -0.154. The molecule has 136 valence electrons. The molecule has 0 spiro atoms. The van der Waals surface area contributed by atoms with Gasteiger partial charge in [-0.25, -0.2) is 0 Å². The summed E-state index contributed by atoms with van der Waals surface area (Å²) in [5.74, 6) is 0.616. The molecule has 1 heterocycles. The second-order valence-corrected chi connectivity index (χ2v) is 6.26. The lowest BCUT2D eigenvalue weighted by Gasteiger charge is -2.22. The van der Waals surface area contributed by atoms with Gasteiger partial charge in [-0.3, -0.25) is 4.79 Å². The second-order valence-electron chi connectivity index (χ2n) is 6.26. The standard InChI is InChI=1S/C21H25N3O2/c1-5-24(6-2)16-7-9-18(14(3)11-16)23-21(25)20-13-15-12-17(26-4)8-10-19(15)22-20/h7-13,22H,5-6H2,1-4H3,(H,23,25). The molecule has 0 aliphatic heterocycles. The van der Waals surface area contributed by atoms with E-state index < -0.39 is 0 Å². The summed E-state index contributed by atoms with van der Waals surface area (Å²) in [6, 6.07) is 13.7. The first kappa shape index (κ1) is 17.9. The molecular weight excluding hydrogens is 326 g/mol. The van der Waals surface area contributed by atoms with Gasteiger partial charge in [0, 0.05) is 35.4 Å². The first-order valence-electron chi connectivity index (χ1n) is 8.89. The van der Waals surface area contributed by atoms with Gasteiger partial charge in [-0.1, -0.05) is 0 Å². The fourth-order valence-electron chi connectivity index (χ4n) is 3.12. The second kappa shape index (κ2) is 7.52. The Hall–Kier alpha value is -2.95. The number of aromatic nitrogens is 1. The summed E-state index contributed by atoms with van der Waals surface area (Å²) >= 11 is 0. The average Bonchev–Trinajstić information content (AvgIpc) is 3.08. The fourth-order valence-corrected chi connectivity index (χ4v) is 3.12. The number of methoxy groups -OCH3 is 1. The number of carbonyl (C=O) groups is 1. The van der Waals surface area contributed by atoms with E-state index in [1.54, 1.807) is 7.11 Å². The molecule has 0 unspecified atom stereocenters. The number of hydrogen-bond donors (Lipinski definition) is 2. The Bertz CT molecular complexity index is 926. The van der Waals surface area contributed by atoms with E-state index in [1.165, 1.54) is 5.69 Å². The van der Waals surface area contributed by atoms with Crippen molar-refractivity contribution in [2.45, 2.75) is 20.8 Å². The van der Waals surface area contributed by atoms with Crippen molar-refractivity contribution in [3.05, 3.63) is 53.7 Å². The predicted molar refractivity (Wildman–Crippen MR) is 108 cm³/mol. The van der Waals surface area contributed by atoms with Crippen molar-refractivity contribution in [1.82, 2.24) is 4.98 Å².